The molecule has 0 saturated heterocycles. The first-order valence-corrected chi connectivity index (χ1v) is 12.4. The summed E-state index contributed by atoms with van der Waals surface area (Å²) in [5.41, 5.74) is 4.88. The van der Waals surface area contributed by atoms with E-state index >= 15 is 0 Å². The van der Waals surface area contributed by atoms with Crippen LogP contribution in [0.4, 0.5) is 0 Å². The van der Waals surface area contributed by atoms with E-state index < -0.39 is 0 Å². The fraction of sp³-hybridized carbons (Fsp3) is 0.0968. The molecule has 0 atom stereocenters. The monoisotopic (exact) mass is 508 g/mol. The number of nitrogens with zero attached hydrogens (tertiary/aromatic N) is 1. The molecular weight excluding hydrogens is 484 g/mol. The first-order valence-electron chi connectivity index (χ1n) is 12.0. The van der Waals surface area contributed by atoms with Crippen LogP contribution < -0.4 is 14.9 Å². The lowest BCUT2D eigenvalue weighted by molar-refractivity contribution is 0.0957. The van der Waals surface area contributed by atoms with Crippen molar-refractivity contribution in [3.63, 3.8) is 0 Å². The maximum Gasteiger partial charge on any atom is 0.271 e. The van der Waals surface area contributed by atoms with Gasteiger partial charge in [-0.2, -0.15) is 5.10 Å². The number of halogens is 1. The third-order valence-corrected chi connectivity index (χ3v) is 6.28. The van der Waals surface area contributed by atoms with Gasteiger partial charge in [0.05, 0.1) is 17.8 Å². The number of nitrogens with one attached hydrogen (secondary N) is 1. The van der Waals surface area contributed by atoms with Crippen molar-refractivity contribution < 1.29 is 14.3 Å². The van der Waals surface area contributed by atoms with Crippen LogP contribution >= 0.6 is 11.6 Å². The fourth-order valence-electron chi connectivity index (χ4n) is 4.28. The van der Waals surface area contributed by atoms with Crippen LogP contribution in [0.1, 0.15) is 28.4 Å². The van der Waals surface area contributed by atoms with Crippen LogP contribution in [0.2, 0.25) is 5.02 Å². The summed E-state index contributed by atoms with van der Waals surface area (Å²) in [6.07, 6.45) is 1.53. The highest BCUT2D eigenvalue weighted by molar-refractivity contribution is 6.32. The molecule has 0 heterocycles. The second-order valence-electron chi connectivity index (χ2n) is 8.42. The number of rotatable bonds is 8. The van der Waals surface area contributed by atoms with Crippen LogP contribution in [0.15, 0.2) is 102 Å². The smallest absolute Gasteiger partial charge is 0.271 e. The number of hydrogen-bond acceptors (Lipinski definition) is 4. The Labute approximate surface area is 220 Å². The average Bonchev–Trinajstić information content (AvgIpc) is 2.92. The van der Waals surface area contributed by atoms with Gasteiger partial charge in [0.1, 0.15) is 6.61 Å². The maximum atomic E-state index is 12.8. The summed E-state index contributed by atoms with van der Waals surface area (Å²) in [4.78, 5) is 12.8. The molecule has 0 aromatic heterocycles. The number of ether oxygens (including phenoxy) is 2. The van der Waals surface area contributed by atoms with E-state index in [1.165, 1.54) is 6.21 Å². The first-order chi connectivity index (χ1) is 18.1. The number of hydrazone groups is 1. The van der Waals surface area contributed by atoms with Gasteiger partial charge in [-0.15, -0.1) is 0 Å². The van der Waals surface area contributed by atoms with Crippen LogP contribution in [-0.4, -0.2) is 18.7 Å². The van der Waals surface area contributed by atoms with E-state index in [2.05, 4.69) is 28.7 Å². The number of amides is 1. The third kappa shape index (κ3) is 5.42. The van der Waals surface area contributed by atoms with Gasteiger partial charge in [0, 0.05) is 5.56 Å². The summed E-state index contributed by atoms with van der Waals surface area (Å²) >= 11 is 6.60. The molecular formula is C31H25ClN2O3. The van der Waals surface area contributed by atoms with E-state index in [1.54, 1.807) is 18.2 Å². The summed E-state index contributed by atoms with van der Waals surface area (Å²) in [6, 6.07) is 31.2. The maximum absolute atomic E-state index is 12.8. The molecule has 184 valence electrons. The Morgan fingerprint density at radius 2 is 1.54 bits per heavy atom. The number of carbonyl (C=O) groups excluding carboxylic acids is 1. The Hall–Kier alpha value is -4.35. The molecule has 1 N–H and O–H groups in total. The van der Waals surface area contributed by atoms with Crippen LogP contribution in [0.3, 0.4) is 0 Å². The van der Waals surface area contributed by atoms with Gasteiger partial charge >= 0.3 is 0 Å². The van der Waals surface area contributed by atoms with Crippen molar-refractivity contribution in [3.8, 4) is 11.5 Å². The van der Waals surface area contributed by atoms with E-state index in [9.17, 15) is 4.79 Å². The van der Waals surface area contributed by atoms with E-state index in [-0.39, 0.29) is 5.91 Å². The van der Waals surface area contributed by atoms with Crippen molar-refractivity contribution in [2.75, 3.05) is 6.61 Å². The molecule has 0 aliphatic carbocycles. The van der Waals surface area contributed by atoms with Gasteiger partial charge in [-0.05, 0) is 57.8 Å². The Kier molecular flexibility index (Phi) is 7.33. The van der Waals surface area contributed by atoms with Crippen molar-refractivity contribution in [3.05, 3.63) is 119 Å². The molecule has 0 unspecified atom stereocenters. The van der Waals surface area contributed by atoms with Gasteiger partial charge in [-0.3, -0.25) is 4.79 Å². The summed E-state index contributed by atoms with van der Waals surface area (Å²) in [6.45, 7) is 2.68. The molecule has 5 nitrogen and oxygen atoms in total. The minimum absolute atomic E-state index is 0.292. The topological polar surface area (TPSA) is 59.9 Å². The lowest BCUT2D eigenvalue weighted by atomic mass is 10.0. The normalized spacial score (nSPS) is 11.2. The SMILES string of the molecule is CCOc1cc(/C=N\NC(=O)c2cccc3ccccc23)cc(Cl)c1OCc1cccc2ccccc12. The number of benzene rings is 5. The Bertz CT molecular complexity index is 1600. The fourth-order valence-corrected chi connectivity index (χ4v) is 4.56. The molecule has 0 bridgehead atoms. The van der Waals surface area contributed by atoms with Gasteiger partial charge < -0.3 is 9.47 Å². The molecule has 6 heteroatoms. The van der Waals surface area contributed by atoms with Crippen LogP contribution in [0, 0.1) is 0 Å². The molecule has 5 rings (SSSR count). The minimum Gasteiger partial charge on any atom is -0.490 e. The van der Waals surface area contributed by atoms with E-state index in [4.69, 9.17) is 21.1 Å². The Morgan fingerprint density at radius 1 is 0.865 bits per heavy atom. The highest BCUT2D eigenvalue weighted by Crippen LogP contribution is 2.37. The predicted molar refractivity (Wildman–Crippen MR) is 150 cm³/mol. The molecule has 5 aromatic carbocycles. The average molecular weight is 509 g/mol. The highest BCUT2D eigenvalue weighted by atomic mass is 35.5. The van der Waals surface area contributed by atoms with Gasteiger partial charge in [0.15, 0.2) is 11.5 Å². The first kappa shape index (κ1) is 24.3. The molecule has 0 aliphatic heterocycles. The second-order valence-corrected chi connectivity index (χ2v) is 8.82. The van der Waals surface area contributed by atoms with Crippen LogP contribution in [0.25, 0.3) is 21.5 Å². The lowest BCUT2D eigenvalue weighted by Crippen LogP contribution is -2.17. The van der Waals surface area contributed by atoms with Crippen molar-refractivity contribution in [1.29, 1.82) is 0 Å². The Balaban J connectivity index is 1.33. The zero-order chi connectivity index (χ0) is 25.6. The summed E-state index contributed by atoms with van der Waals surface area (Å²) < 4.78 is 12.0. The van der Waals surface area contributed by atoms with Gasteiger partial charge in [-0.1, -0.05) is 90.5 Å². The molecule has 0 saturated carbocycles. The van der Waals surface area contributed by atoms with Gasteiger partial charge in [0.25, 0.3) is 5.91 Å². The zero-order valence-electron chi connectivity index (χ0n) is 20.3. The molecule has 0 fully saturated rings. The summed E-state index contributed by atoms with van der Waals surface area (Å²) in [5.74, 6) is 0.685. The Morgan fingerprint density at radius 3 is 2.32 bits per heavy atom. The van der Waals surface area contributed by atoms with E-state index in [1.807, 2.05) is 67.6 Å². The van der Waals surface area contributed by atoms with Crippen molar-refractivity contribution in [2.24, 2.45) is 5.10 Å². The summed E-state index contributed by atoms with van der Waals surface area (Å²) in [7, 11) is 0. The largest absolute Gasteiger partial charge is 0.490 e. The molecule has 37 heavy (non-hydrogen) atoms. The molecule has 0 aliphatic rings. The quantitative estimate of drug-likeness (QED) is 0.175. The predicted octanol–water partition coefficient (Wildman–Crippen LogP) is 7.39. The van der Waals surface area contributed by atoms with Crippen molar-refractivity contribution >= 4 is 45.3 Å². The molecule has 5 aromatic rings. The molecule has 0 spiro atoms. The highest BCUT2D eigenvalue weighted by Gasteiger charge is 2.14. The van der Waals surface area contributed by atoms with E-state index in [0.717, 1.165) is 27.1 Å². The minimum atomic E-state index is -0.292. The van der Waals surface area contributed by atoms with Crippen LogP contribution in [-0.2, 0) is 6.61 Å². The molecule has 1 amide bonds. The van der Waals surface area contributed by atoms with Crippen molar-refractivity contribution in [1.82, 2.24) is 5.43 Å². The lowest BCUT2D eigenvalue weighted by Gasteiger charge is -2.15. The number of fused-ring (bicyclic) bond motifs is 2. The third-order valence-electron chi connectivity index (χ3n) is 6.00. The number of hydrogen-bond donors (Lipinski definition) is 1. The number of carbonyl (C=O) groups is 1. The van der Waals surface area contributed by atoms with Gasteiger partial charge in [0.2, 0.25) is 0 Å². The second kappa shape index (κ2) is 11.1. The molecule has 0 radical (unpaired) electrons. The zero-order valence-corrected chi connectivity index (χ0v) is 21.0. The summed E-state index contributed by atoms with van der Waals surface area (Å²) in [5, 5.41) is 8.68. The van der Waals surface area contributed by atoms with Crippen molar-refractivity contribution in [2.45, 2.75) is 13.5 Å². The van der Waals surface area contributed by atoms with Crippen LogP contribution in [0.5, 0.6) is 11.5 Å². The van der Waals surface area contributed by atoms with E-state index in [0.29, 0.717) is 40.9 Å². The van der Waals surface area contributed by atoms with Gasteiger partial charge in [-0.25, -0.2) is 5.43 Å². The standard InChI is InChI=1S/C31H25ClN2O3/c1-2-36-29-18-21(19-33-34-31(35)27-16-8-12-23-10-4-6-15-26(23)27)17-28(32)30(29)37-20-24-13-7-11-22-9-3-5-14-25(22)24/h3-19H,2,20H2,1H3,(H,34,35)/b33-19-.